The Labute approximate surface area is 82.5 Å². The summed E-state index contributed by atoms with van der Waals surface area (Å²) in [4.78, 5) is 0. The maximum absolute atomic E-state index is 9.66. The maximum Gasteiger partial charge on any atom is 0.0563 e. The quantitative estimate of drug-likeness (QED) is 0.710. The van der Waals surface area contributed by atoms with Gasteiger partial charge in [0.25, 0.3) is 0 Å². The Hall–Kier alpha value is -0.0400. The molecule has 0 bridgehead atoms. The molecule has 0 aromatic rings. The minimum absolute atomic E-state index is 0.0677. The van der Waals surface area contributed by atoms with Crippen LogP contribution in [0.4, 0.5) is 0 Å². The molecule has 0 aromatic heterocycles. The van der Waals surface area contributed by atoms with E-state index in [1.54, 1.807) is 0 Å². The summed E-state index contributed by atoms with van der Waals surface area (Å²) in [7, 11) is 0. The van der Waals surface area contributed by atoms with E-state index in [2.05, 4.69) is 13.8 Å². The lowest BCUT2D eigenvalue weighted by molar-refractivity contribution is 0.0930. The second kappa shape index (κ2) is 5.64. The van der Waals surface area contributed by atoms with Gasteiger partial charge in [0, 0.05) is 0 Å². The van der Waals surface area contributed by atoms with Crippen LogP contribution in [-0.2, 0) is 0 Å². The highest BCUT2D eigenvalue weighted by Gasteiger charge is 2.19. The van der Waals surface area contributed by atoms with Crippen molar-refractivity contribution in [3.05, 3.63) is 0 Å². The number of aliphatic hydroxyl groups is 1. The minimum atomic E-state index is -0.0677. The predicted molar refractivity (Wildman–Crippen MR) is 56.7 cm³/mol. The van der Waals surface area contributed by atoms with Gasteiger partial charge in [-0.25, -0.2) is 0 Å². The van der Waals surface area contributed by atoms with Crippen molar-refractivity contribution < 1.29 is 5.11 Å². The summed E-state index contributed by atoms with van der Waals surface area (Å²) in [6.07, 6.45) is 9.16. The van der Waals surface area contributed by atoms with Gasteiger partial charge in [0.15, 0.2) is 0 Å². The second-order valence-corrected chi connectivity index (χ2v) is 4.69. The van der Waals surface area contributed by atoms with Gasteiger partial charge in [-0.15, -0.1) is 0 Å². The summed E-state index contributed by atoms with van der Waals surface area (Å²) < 4.78 is 0. The first-order valence-electron chi connectivity index (χ1n) is 5.92. The molecular formula is C12H24O. The Morgan fingerprint density at radius 3 is 2.38 bits per heavy atom. The predicted octanol–water partition coefficient (Wildman–Crippen LogP) is 3.36. The van der Waals surface area contributed by atoms with Crippen LogP contribution in [0.5, 0.6) is 0 Å². The van der Waals surface area contributed by atoms with E-state index in [0.717, 1.165) is 12.3 Å². The van der Waals surface area contributed by atoms with Crippen molar-refractivity contribution in [3.8, 4) is 0 Å². The summed E-state index contributed by atoms with van der Waals surface area (Å²) in [5.41, 5.74) is 0. The molecule has 0 heterocycles. The van der Waals surface area contributed by atoms with Crippen molar-refractivity contribution in [2.45, 2.75) is 64.9 Å². The highest BCUT2D eigenvalue weighted by Crippen LogP contribution is 2.30. The van der Waals surface area contributed by atoms with E-state index < -0.39 is 0 Å². The fraction of sp³-hybridized carbons (Fsp3) is 1.00. The van der Waals surface area contributed by atoms with Gasteiger partial charge in [0.2, 0.25) is 0 Å². The van der Waals surface area contributed by atoms with Crippen molar-refractivity contribution in [2.75, 3.05) is 0 Å². The molecule has 0 unspecified atom stereocenters. The number of aliphatic hydroxyl groups excluding tert-OH is 1. The molecule has 1 fully saturated rings. The first-order valence-corrected chi connectivity index (χ1v) is 5.92. The van der Waals surface area contributed by atoms with Crippen molar-refractivity contribution in [1.29, 1.82) is 0 Å². The molecule has 1 saturated carbocycles. The molecule has 1 nitrogen and oxygen atoms in total. The molecule has 1 N–H and O–H groups in total. The van der Waals surface area contributed by atoms with Gasteiger partial charge in [0.05, 0.1) is 6.10 Å². The van der Waals surface area contributed by atoms with E-state index in [1.165, 1.54) is 38.5 Å². The van der Waals surface area contributed by atoms with E-state index in [4.69, 9.17) is 0 Å². The number of hydrogen-bond acceptors (Lipinski definition) is 1. The molecular weight excluding hydrogens is 160 g/mol. The summed E-state index contributed by atoms with van der Waals surface area (Å²) in [5, 5.41) is 9.66. The van der Waals surface area contributed by atoms with Crippen molar-refractivity contribution in [1.82, 2.24) is 0 Å². The van der Waals surface area contributed by atoms with Crippen LogP contribution in [0.25, 0.3) is 0 Å². The van der Waals surface area contributed by atoms with Crippen LogP contribution in [0.1, 0.15) is 58.8 Å². The summed E-state index contributed by atoms with van der Waals surface area (Å²) in [5.74, 6) is 1.41. The normalized spacial score (nSPS) is 24.2. The van der Waals surface area contributed by atoms with Crippen molar-refractivity contribution >= 4 is 0 Å². The lowest BCUT2D eigenvalue weighted by Crippen LogP contribution is -2.20. The van der Waals surface area contributed by atoms with Gasteiger partial charge in [-0.05, 0) is 24.7 Å². The fourth-order valence-electron chi connectivity index (χ4n) is 2.51. The second-order valence-electron chi connectivity index (χ2n) is 4.69. The Bertz CT molecular complexity index is 127. The summed E-state index contributed by atoms with van der Waals surface area (Å²) in [6, 6.07) is 0. The van der Waals surface area contributed by atoms with Crippen LogP contribution in [0.15, 0.2) is 0 Å². The average Bonchev–Trinajstić information content (AvgIpc) is 2.18. The van der Waals surface area contributed by atoms with E-state index in [1.807, 2.05) is 0 Å². The van der Waals surface area contributed by atoms with Crippen molar-refractivity contribution in [2.24, 2.45) is 11.8 Å². The highest BCUT2D eigenvalue weighted by molar-refractivity contribution is 4.71. The van der Waals surface area contributed by atoms with Gasteiger partial charge in [0.1, 0.15) is 0 Å². The molecule has 0 aromatic carbocycles. The topological polar surface area (TPSA) is 20.2 Å². The molecule has 0 spiro atoms. The highest BCUT2D eigenvalue weighted by atomic mass is 16.3. The average molecular weight is 184 g/mol. The molecule has 0 amide bonds. The molecule has 1 heteroatoms. The minimum Gasteiger partial charge on any atom is -0.393 e. The van der Waals surface area contributed by atoms with E-state index in [-0.39, 0.29) is 6.10 Å². The van der Waals surface area contributed by atoms with Gasteiger partial charge in [-0.3, -0.25) is 0 Å². The van der Waals surface area contributed by atoms with E-state index >= 15 is 0 Å². The first kappa shape index (κ1) is 11.0. The summed E-state index contributed by atoms with van der Waals surface area (Å²) >= 11 is 0. The van der Waals surface area contributed by atoms with E-state index in [0.29, 0.717) is 5.92 Å². The number of rotatable bonds is 4. The maximum atomic E-state index is 9.66. The lowest BCUT2D eigenvalue weighted by atomic mass is 9.81. The molecule has 1 aliphatic rings. The standard InChI is InChI=1S/C12H24O/c1-3-12(13)10(2)9-11-7-5-4-6-8-11/h10-13H,3-9H2,1-2H3/t10-,12+/m0/s1. The molecule has 1 rings (SSSR count). The Morgan fingerprint density at radius 1 is 1.23 bits per heavy atom. The third kappa shape index (κ3) is 3.68. The van der Waals surface area contributed by atoms with Crippen LogP contribution in [-0.4, -0.2) is 11.2 Å². The van der Waals surface area contributed by atoms with Gasteiger partial charge in [-0.1, -0.05) is 46.0 Å². The summed E-state index contributed by atoms with van der Waals surface area (Å²) in [6.45, 7) is 4.27. The smallest absolute Gasteiger partial charge is 0.0563 e. The van der Waals surface area contributed by atoms with E-state index in [9.17, 15) is 5.11 Å². The Kier molecular flexibility index (Phi) is 4.79. The molecule has 78 valence electrons. The monoisotopic (exact) mass is 184 g/mol. The lowest BCUT2D eigenvalue weighted by Gasteiger charge is -2.26. The fourth-order valence-corrected chi connectivity index (χ4v) is 2.51. The zero-order valence-corrected chi connectivity index (χ0v) is 9.13. The SMILES string of the molecule is CC[C@@H](O)[C@@H](C)CC1CCCCC1. The molecule has 0 saturated heterocycles. The van der Waals surface area contributed by atoms with Crippen LogP contribution >= 0.6 is 0 Å². The first-order chi connectivity index (χ1) is 6.24. The molecule has 0 aliphatic heterocycles. The molecule has 13 heavy (non-hydrogen) atoms. The molecule has 0 radical (unpaired) electrons. The molecule has 1 aliphatic carbocycles. The largest absolute Gasteiger partial charge is 0.393 e. The van der Waals surface area contributed by atoms with Crippen LogP contribution in [0.2, 0.25) is 0 Å². The number of hydrogen-bond donors (Lipinski definition) is 1. The Morgan fingerprint density at radius 2 is 1.85 bits per heavy atom. The third-order valence-corrected chi connectivity index (χ3v) is 3.50. The zero-order valence-electron chi connectivity index (χ0n) is 9.13. The van der Waals surface area contributed by atoms with Gasteiger partial charge < -0.3 is 5.11 Å². The molecule has 2 atom stereocenters. The van der Waals surface area contributed by atoms with Crippen molar-refractivity contribution in [3.63, 3.8) is 0 Å². The van der Waals surface area contributed by atoms with Gasteiger partial charge >= 0.3 is 0 Å². The van der Waals surface area contributed by atoms with Crippen LogP contribution < -0.4 is 0 Å². The van der Waals surface area contributed by atoms with Gasteiger partial charge in [-0.2, -0.15) is 0 Å². The third-order valence-electron chi connectivity index (χ3n) is 3.50. The van der Waals surface area contributed by atoms with Crippen LogP contribution in [0.3, 0.4) is 0 Å². The zero-order chi connectivity index (χ0) is 9.68. The van der Waals surface area contributed by atoms with Crippen LogP contribution in [0, 0.1) is 11.8 Å². The Balaban J connectivity index is 2.21.